The molecule has 1 aliphatic heterocycles. The molecule has 1 heteroatoms. The molecule has 1 unspecified atom stereocenters. The fourth-order valence-electron chi connectivity index (χ4n) is 1.60. The van der Waals surface area contributed by atoms with Crippen LogP contribution in [-0.2, 0) is 0 Å². The van der Waals surface area contributed by atoms with E-state index >= 15 is 0 Å². The zero-order chi connectivity index (χ0) is 7.52. The quantitative estimate of drug-likeness (QED) is 0.634. The van der Waals surface area contributed by atoms with Crippen LogP contribution in [-0.4, -0.2) is 13.1 Å². The van der Waals surface area contributed by atoms with Gasteiger partial charge in [0.1, 0.15) is 0 Å². The zero-order valence-corrected chi connectivity index (χ0v) is 6.51. The Bertz CT molecular complexity index is 212. The van der Waals surface area contributed by atoms with E-state index in [-0.39, 0.29) is 0 Å². The third-order valence-electron chi connectivity index (χ3n) is 2.26. The Morgan fingerprint density at radius 2 is 2.55 bits per heavy atom. The van der Waals surface area contributed by atoms with Gasteiger partial charge in [0, 0.05) is 6.54 Å². The Morgan fingerprint density at radius 3 is 3.18 bits per heavy atom. The Balaban J connectivity index is 2.16. The molecule has 1 aliphatic rings. The Kier molecular flexibility index (Phi) is 1.91. The highest BCUT2D eigenvalue weighted by Gasteiger charge is 2.15. The highest BCUT2D eigenvalue weighted by molar-refractivity contribution is 5.19. The van der Waals surface area contributed by atoms with E-state index in [1.807, 2.05) is 6.07 Å². The van der Waals surface area contributed by atoms with Crippen LogP contribution in [0.1, 0.15) is 17.9 Å². The van der Waals surface area contributed by atoms with Gasteiger partial charge in [-0.3, -0.25) is 0 Å². The molecule has 1 aromatic rings. The highest BCUT2D eigenvalue weighted by atomic mass is 14.9. The number of nitrogens with one attached hydrogen (secondary N) is 1. The second kappa shape index (κ2) is 3.05. The normalized spacial score (nSPS) is 23.8. The average molecular weight is 146 g/mol. The molecule has 0 spiro atoms. The molecule has 1 radical (unpaired) electrons. The fraction of sp³-hybridized carbons (Fsp3) is 0.400. The Labute approximate surface area is 67.4 Å². The van der Waals surface area contributed by atoms with E-state index in [4.69, 9.17) is 0 Å². The lowest BCUT2D eigenvalue weighted by molar-refractivity contribution is 0.763. The molecule has 1 aromatic carbocycles. The smallest absolute Gasteiger partial charge is 0.00206 e. The summed E-state index contributed by atoms with van der Waals surface area (Å²) in [6, 6.07) is 11.4. The van der Waals surface area contributed by atoms with Gasteiger partial charge in [-0.05, 0) is 30.5 Å². The maximum Gasteiger partial charge on any atom is 0.00206 e. The van der Waals surface area contributed by atoms with Gasteiger partial charge in [0.15, 0.2) is 0 Å². The van der Waals surface area contributed by atoms with E-state index in [0.29, 0.717) is 0 Å². The molecule has 1 nitrogen and oxygen atoms in total. The number of benzene rings is 1. The van der Waals surface area contributed by atoms with Gasteiger partial charge in [0.05, 0.1) is 0 Å². The van der Waals surface area contributed by atoms with Crippen LogP contribution in [0.2, 0.25) is 0 Å². The first kappa shape index (κ1) is 6.86. The summed E-state index contributed by atoms with van der Waals surface area (Å²) in [4.78, 5) is 0. The third-order valence-corrected chi connectivity index (χ3v) is 2.26. The predicted octanol–water partition coefficient (Wildman–Crippen LogP) is 1.56. The van der Waals surface area contributed by atoms with Crippen molar-refractivity contribution in [1.29, 1.82) is 0 Å². The number of hydrogen-bond donors (Lipinski definition) is 1. The minimum atomic E-state index is 0.729. The first-order valence-electron chi connectivity index (χ1n) is 4.13. The second-order valence-electron chi connectivity index (χ2n) is 3.03. The van der Waals surface area contributed by atoms with E-state index in [0.717, 1.165) is 12.5 Å². The molecule has 57 valence electrons. The minimum absolute atomic E-state index is 0.729. The standard InChI is InChI=1S/C10H12N/c1-2-4-9(5-3-1)10-6-7-11-8-10/h1-2,4-5,10-11H,6-8H2. The Morgan fingerprint density at radius 1 is 1.55 bits per heavy atom. The van der Waals surface area contributed by atoms with Crippen molar-refractivity contribution in [2.45, 2.75) is 12.3 Å². The van der Waals surface area contributed by atoms with Crippen LogP contribution in [0.4, 0.5) is 0 Å². The van der Waals surface area contributed by atoms with E-state index in [9.17, 15) is 0 Å². The molecule has 1 atom stereocenters. The molecule has 11 heavy (non-hydrogen) atoms. The summed E-state index contributed by atoms with van der Waals surface area (Å²) in [5.41, 5.74) is 1.43. The summed E-state index contributed by atoms with van der Waals surface area (Å²) in [6.45, 7) is 2.30. The maximum atomic E-state index is 3.36. The molecular weight excluding hydrogens is 134 g/mol. The van der Waals surface area contributed by atoms with Gasteiger partial charge >= 0.3 is 0 Å². The van der Waals surface area contributed by atoms with Crippen LogP contribution in [0, 0.1) is 6.07 Å². The SMILES string of the molecule is [c]1cccc(C2CCNC2)c1. The van der Waals surface area contributed by atoms with Gasteiger partial charge in [0.25, 0.3) is 0 Å². The van der Waals surface area contributed by atoms with E-state index in [2.05, 4.69) is 29.6 Å². The van der Waals surface area contributed by atoms with Crippen LogP contribution >= 0.6 is 0 Å². The predicted molar refractivity (Wildman–Crippen MR) is 45.5 cm³/mol. The first-order valence-corrected chi connectivity index (χ1v) is 4.13. The van der Waals surface area contributed by atoms with E-state index in [1.54, 1.807) is 0 Å². The summed E-state index contributed by atoms with van der Waals surface area (Å²) in [6.07, 6.45) is 1.28. The Hall–Kier alpha value is -0.820. The molecule has 0 aliphatic carbocycles. The molecule has 1 fully saturated rings. The largest absolute Gasteiger partial charge is 0.316 e. The summed E-state index contributed by atoms with van der Waals surface area (Å²) < 4.78 is 0. The van der Waals surface area contributed by atoms with Crippen LogP contribution < -0.4 is 5.32 Å². The van der Waals surface area contributed by atoms with Crippen molar-refractivity contribution in [3.8, 4) is 0 Å². The number of hydrogen-bond acceptors (Lipinski definition) is 1. The van der Waals surface area contributed by atoms with Crippen LogP contribution in [0.25, 0.3) is 0 Å². The van der Waals surface area contributed by atoms with Gasteiger partial charge < -0.3 is 5.32 Å². The molecule has 0 saturated carbocycles. The number of rotatable bonds is 1. The summed E-state index contributed by atoms with van der Waals surface area (Å²) >= 11 is 0. The lowest BCUT2D eigenvalue weighted by Crippen LogP contribution is -2.07. The molecule has 2 rings (SSSR count). The van der Waals surface area contributed by atoms with Crippen LogP contribution in [0.3, 0.4) is 0 Å². The van der Waals surface area contributed by atoms with Crippen molar-refractivity contribution in [1.82, 2.24) is 5.32 Å². The third kappa shape index (κ3) is 1.43. The average Bonchev–Trinajstić information content (AvgIpc) is 2.58. The molecule has 1 N–H and O–H groups in total. The van der Waals surface area contributed by atoms with Crippen molar-refractivity contribution < 1.29 is 0 Å². The first-order chi connectivity index (χ1) is 5.47. The summed E-state index contributed by atoms with van der Waals surface area (Å²) in [5.74, 6) is 0.729. The highest BCUT2D eigenvalue weighted by Crippen LogP contribution is 2.20. The monoisotopic (exact) mass is 146 g/mol. The fourth-order valence-corrected chi connectivity index (χ4v) is 1.60. The van der Waals surface area contributed by atoms with E-state index < -0.39 is 0 Å². The van der Waals surface area contributed by atoms with Crippen LogP contribution in [0.15, 0.2) is 24.3 Å². The lowest BCUT2D eigenvalue weighted by atomic mass is 9.99. The maximum absolute atomic E-state index is 3.36. The molecule has 1 heterocycles. The van der Waals surface area contributed by atoms with E-state index in [1.165, 1.54) is 18.5 Å². The van der Waals surface area contributed by atoms with Crippen molar-refractivity contribution in [3.63, 3.8) is 0 Å². The van der Waals surface area contributed by atoms with Crippen molar-refractivity contribution >= 4 is 0 Å². The van der Waals surface area contributed by atoms with Gasteiger partial charge in [-0.15, -0.1) is 0 Å². The van der Waals surface area contributed by atoms with Gasteiger partial charge in [-0.2, -0.15) is 0 Å². The molecule has 0 bridgehead atoms. The van der Waals surface area contributed by atoms with Gasteiger partial charge in [-0.25, -0.2) is 0 Å². The van der Waals surface area contributed by atoms with Crippen molar-refractivity contribution in [3.05, 3.63) is 35.9 Å². The molecular formula is C10H12N. The molecule has 1 saturated heterocycles. The topological polar surface area (TPSA) is 12.0 Å². The van der Waals surface area contributed by atoms with Crippen LogP contribution in [0.5, 0.6) is 0 Å². The molecule has 0 aromatic heterocycles. The lowest BCUT2D eigenvalue weighted by Gasteiger charge is -2.06. The minimum Gasteiger partial charge on any atom is -0.316 e. The van der Waals surface area contributed by atoms with Gasteiger partial charge in [0.2, 0.25) is 0 Å². The molecule has 0 amide bonds. The summed E-state index contributed by atoms with van der Waals surface area (Å²) in [5, 5.41) is 3.36. The van der Waals surface area contributed by atoms with Crippen molar-refractivity contribution in [2.75, 3.05) is 13.1 Å². The van der Waals surface area contributed by atoms with Gasteiger partial charge in [-0.1, -0.05) is 24.3 Å². The zero-order valence-electron chi connectivity index (χ0n) is 6.51. The van der Waals surface area contributed by atoms with Crippen molar-refractivity contribution in [2.24, 2.45) is 0 Å². The summed E-state index contributed by atoms with van der Waals surface area (Å²) in [7, 11) is 0. The second-order valence-corrected chi connectivity index (χ2v) is 3.03.